The first-order valence-corrected chi connectivity index (χ1v) is 11.1. The first-order valence-electron chi connectivity index (χ1n) is 11.1. The zero-order valence-electron chi connectivity index (χ0n) is 19.2. The molecule has 0 fully saturated rings. The number of amidine groups is 1. The lowest BCUT2D eigenvalue weighted by Crippen LogP contribution is -2.22. The van der Waals surface area contributed by atoms with Crippen LogP contribution in [-0.4, -0.2) is 23.3 Å². The lowest BCUT2D eigenvalue weighted by Gasteiger charge is -2.25. The Morgan fingerprint density at radius 3 is 2.19 bits per heavy atom. The van der Waals surface area contributed by atoms with Gasteiger partial charge in [0.2, 0.25) is 0 Å². The number of primary amides is 1. The van der Waals surface area contributed by atoms with Gasteiger partial charge in [0.05, 0.1) is 5.69 Å². The Morgan fingerprint density at radius 2 is 1.58 bits per heavy atom. The molecule has 0 atom stereocenters. The fourth-order valence-corrected chi connectivity index (χ4v) is 3.57. The standard InChI is InChI=1S/C27H23FN6O2/c28-19-8-12-23(13-9-19)36-22-10-6-18(7-11-22)24-16-21(17-25(32-24)27(30)35)34(15-14-26(29)33-31)20-4-2-1-3-5-20/h1-13,16-17,29,31H,14-15H2,(H2,30,35). The van der Waals surface area contributed by atoms with Gasteiger partial charge in [0.15, 0.2) is 0 Å². The summed E-state index contributed by atoms with van der Waals surface area (Å²) in [5.74, 6) is -0.0123. The molecular formula is C27H23FN6O2. The van der Waals surface area contributed by atoms with Gasteiger partial charge in [0.1, 0.15) is 28.8 Å². The van der Waals surface area contributed by atoms with E-state index in [1.54, 1.807) is 42.5 Å². The van der Waals surface area contributed by atoms with E-state index >= 15 is 0 Å². The third-order valence-corrected chi connectivity index (χ3v) is 5.35. The van der Waals surface area contributed by atoms with Crippen molar-refractivity contribution in [3.05, 3.63) is 103 Å². The molecule has 36 heavy (non-hydrogen) atoms. The third-order valence-electron chi connectivity index (χ3n) is 5.35. The number of pyridine rings is 1. The maximum absolute atomic E-state index is 13.1. The second-order valence-electron chi connectivity index (χ2n) is 7.84. The number of rotatable bonds is 9. The van der Waals surface area contributed by atoms with Crippen LogP contribution in [0.2, 0.25) is 0 Å². The molecule has 1 amide bonds. The molecule has 0 saturated carbocycles. The van der Waals surface area contributed by atoms with Gasteiger partial charge >= 0.3 is 0 Å². The Morgan fingerprint density at radius 1 is 0.944 bits per heavy atom. The van der Waals surface area contributed by atoms with E-state index < -0.39 is 5.91 Å². The maximum Gasteiger partial charge on any atom is 0.267 e. The lowest BCUT2D eigenvalue weighted by atomic mass is 10.1. The average molecular weight is 483 g/mol. The molecule has 3 aromatic carbocycles. The molecule has 180 valence electrons. The van der Waals surface area contributed by atoms with Gasteiger partial charge in [-0.05, 0) is 72.8 Å². The van der Waals surface area contributed by atoms with E-state index in [9.17, 15) is 9.18 Å². The van der Waals surface area contributed by atoms with Gasteiger partial charge in [0, 0.05) is 29.9 Å². The van der Waals surface area contributed by atoms with E-state index in [4.69, 9.17) is 21.4 Å². The third kappa shape index (κ3) is 5.95. The number of amides is 1. The molecule has 4 N–H and O–H groups in total. The summed E-state index contributed by atoms with van der Waals surface area (Å²) in [6.07, 6.45) is 0.234. The first-order chi connectivity index (χ1) is 17.4. The number of hydrogen-bond donors (Lipinski definition) is 3. The van der Waals surface area contributed by atoms with Crippen LogP contribution in [-0.2, 0) is 0 Å². The van der Waals surface area contributed by atoms with Crippen molar-refractivity contribution in [2.24, 2.45) is 10.8 Å². The quantitative estimate of drug-likeness (QED) is 0.147. The van der Waals surface area contributed by atoms with Crippen molar-refractivity contribution in [3.8, 4) is 22.8 Å². The number of para-hydroxylation sites is 1. The maximum atomic E-state index is 13.1. The second kappa shape index (κ2) is 11.0. The van der Waals surface area contributed by atoms with Crippen LogP contribution >= 0.6 is 0 Å². The Balaban J connectivity index is 1.68. The van der Waals surface area contributed by atoms with Crippen molar-refractivity contribution in [2.45, 2.75) is 6.42 Å². The zero-order chi connectivity index (χ0) is 25.5. The number of ether oxygens (including phenoxy) is 1. The molecule has 0 saturated heterocycles. The second-order valence-corrected chi connectivity index (χ2v) is 7.84. The van der Waals surface area contributed by atoms with Crippen LogP contribution in [0.25, 0.3) is 11.3 Å². The molecule has 0 unspecified atom stereocenters. The Labute approximate surface area is 207 Å². The van der Waals surface area contributed by atoms with Crippen LogP contribution in [0.4, 0.5) is 15.8 Å². The molecule has 0 aliphatic heterocycles. The van der Waals surface area contributed by atoms with Gasteiger partial charge in [0.25, 0.3) is 5.91 Å². The minimum absolute atomic E-state index is 0.0583. The van der Waals surface area contributed by atoms with Crippen molar-refractivity contribution in [3.63, 3.8) is 0 Å². The normalized spacial score (nSPS) is 10.5. The molecule has 0 radical (unpaired) electrons. The summed E-state index contributed by atoms with van der Waals surface area (Å²) in [7, 11) is 0. The molecule has 8 nitrogen and oxygen atoms in total. The number of nitrogens with two attached hydrogens (primary N) is 1. The highest BCUT2D eigenvalue weighted by Gasteiger charge is 2.16. The highest BCUT2D eigenvalue weighted by Crippen LogP contribution is 2.31. The highest BCUT2D eigenvalue weighted by atomic mass is 19.1. The minimum atomic E-state index is -0.670. The lowest BCUT2D eigenvalue weighted by molar-refractivity contribution is 0.0995. The van der Waals surface area contributed by atoms with Crippen molar-refractivity contribution >= 4 is 23.1 Å². The zero-order valence-corrected chi connectivity index (χ0v) is 19.2. The highest BCUT2D eigenvalue weighted by molar-refractivity contribution is 5.93. The van der Waals surface area contributed by atoms with Crippen molar-refractivity contribution in [1.82, 2.24) is 4.98 Å². The number of carbonyl (C=O) groups is 1. The molecular weight excluding hydrogens is 459 g/mol. The number of halogens is 1. The van der Waals surface area contributed by atoms with E-state index in [-0.39, 0.29) is 23.8 Å². The number of benzene rings is 3. The first kappa shape index (κ1) is 24.2. The van der Waals surface area contributed by atoms with Gasteiger partial charge in [-0.15, -0.1) is 5.11 Å². The predicted octanol–water partition coefficient (Wildman–Crippen LogP) is 6.32. The van der Waals surface area contributed by atoms with Gasteiger partial charge in [-0.3, -0.25) is 10.2 Å². The van der Waals surface area contributed by atoms with Crippen LogP contribution in [0.3, 0.4) is 0 Å². The van der Waals surface area contributed by atoms with Crippen LogP contribution < -0.4 is 15.4 Å². The van der Waals surface area contributed by atoms with E-state index in [0.29, 0.717) is 29.4 Å². The van der Waals surface area contributed by atoms with Gasteiger partial charge in [-0.25, -0.2) is 14.9 Å². The fraction of sp³-hybridized carbons (Fsp3) is 0.0741. The summed E-state index contributed by atoms with van der Waals surface area (Å²) in [5, 5.41) is 10.9. The number of carbonyl (C=O) groups excluding carboxylic acids is 1. The molecule has 1 aromatic heterocycles. The summed E-state index contributed by atoms with van der Waals surface area (Å²) in [6.45, 7) is 0.358. The Kier molecular flexibility index (Phi) is 7.40. The topological polar surface area (TPSA) is 129 Å². The summed E-state index contributed by atoms with van der Waals surface area (Å²) < 4.78 is 18.9. The van der Waals surface area contributed by atoms with Crippen molar-refractivity contribution in [1.29, 1.82) is 10.9 Å². The Bertz CT molecular complexity index is 1380. The average Bonchev–Trinajstić information content (AvgIpc) is 2.91. The fourth-order valence-electron chi connectivity index (χ4n) is 3.57. The van der Waals surface area contributed by atoms with Crippen LogP contribution in [0.15, 0.2) is 96.1 Å². The van der Waals surface area contributed by atoms with Gasteiger partial charge in [-0.2, -0.15) is 0 Å². The SMILES string of the molecule is N=NC(=N)CCN(c1ccccc1)c1cc(C(N)=O)nc(-c2ccc(Oc3ccc(F)cc3)cc2)c1. The molecule has 4 rings (SSSR count). The number of nitrogens with one attached hydrogen (secondary N) is 2. The molecule has 1 heterocycles. The van der Waals surface area contributed by atoms with Crippen molar-refractivity contribution < 1.29 is 13.9 Å². The Hall–Kier alpha value is -4.92. The monoisotopic (exact) mass is 482 g/mol. The molecule has 0 aliphatic rings. The van der Waals surface area contributed by atoms with Crippen LogP contribution in [0.5, 0.6) is 11.5 Å². The number of nitrogens with zero attached hydrogens (tertiary/aromatic N) is 3. The van der Waals surface area contributed by atoms with Crippen LogP contribution in [0, 0.1) is 16.8 Å². The number of aromatic nitrogens is 1. The molecule has 9 heteroatoms. The molecule has 4 aromatic rings. The predicted molar refractivity (Wildman–Crippen MR) is 136 cm³/mol. The number of hydrogen-bond acceptors (Lipinski definition) is 6. The largest absolute Gasteiger partial charge is 0.457 e. The summed E-state index contributed by atoms with van der Waals surface area (Å²) in [6, 6.07) is 25.8. The number of anilines is 2. The van der Waals surface area contributed by atoms with Gasteiger partial charge in [-0.1, -0.05) is 18.2 Å². The van der Waals surface area contributed by atoms with Crippen molar-refractivity contribution in [2.75, 3.05) is 11.4 Å². The summed E-state index contributed by atoms with van der Waals surface area (Å²) >= 11 is 0. The molecule has 0 spiro atoms. The van der Waals surface area contributed by atoms with Crippen LogP contribution in [0.1, 0.15) is 16.9 Å². The minimum Gasteiger partial charge on any atom is -0.457 e. The smallest absolute Gasteiger partial charge is 0.267 e. The molecule has 0 bridgehead atoms. The molecule has 0 aliphatic carbocycles. The summed E-state index contributed by atoms with van der Waals surface area (Å²) in [4.78, 5) is 18.5. The van der Waals surface area contributed by atoms with E-state index in [1.165, 1.54) is 12.1 Å². The van der Waals surface area contributed by atoms with E-state index in [0.717, 1.165) is 11.3 Å². The van der Waals surface area contributed by atoms with Gasteiger partial charge < -0.3 is 15.4 Å². The van der Waals surface area contributed by atoms with E-state index in [1.807, 2.05) is 41.3 Å². The van der Waals surface area contributed by atoms with E-state index in [2.05, 4.69) is 10.1 Å². The summed E-state index contributed by atoms with van der Waals surface area (Å²) in [5.41, 5.74) is 15.5.